The van der Waals surface area contributed by atoms with E-state index in [0.717, 1.165) is 23.4 Å². The standard InChI is InChI=1S/C25H20Cl2N4O2/c26-17-12-10-16(11-13-17)23-24-22(30-31(23)21-9-2-1-6-18(21)27)19(8-5-15-33-24)29-25(32)20-7-3-4-14-28-20/h1-4,6-7,9-14,19H,5,8,15H2,(H,29,32). The van der Waals surface area contributed by atoms with Crippen molar-refractivity contribution >= 4 is 29.1 Å². The van der Waals surface area contributed by atoms with E-state index in [1.807, 2.05) is 48.5 Å². The second-order valence-corrected chi connectivity index (χ2v) is 8.51. The van der Waals surface area contributed by atoms with Gasteiger partial charge in [0.05, 0.1) is 23.4 Å². The van der Waals surface area contributed by atoms with Gasteiger partial charge in [0.2, 0.25) is 0 Å². The molecule has 1 aliphatic rings. The van der Waals surface area contributed by atoms with Gasteiger partial charge in [-0.1, -0.05) is 53.5 Å². The highest BCUT2D eigenvalue weighted by Crippen LogP contribution is 2.42. The van der Waals surface area contributed by atoms with Crippen molar-refractivity contribution in [3.05, 3.63) is 94.4 Å². The molecule has 0 spiro atoms. The Morgan fingerprint density at radius 3 is 2.58 bits per heavy atom. The number of nitrogens with one attached hydrogen (secondary N) is 1. The fourth-order valence-electron chi connectivity index (χ4n) is 3.92. The number of benzene rings is 2. The van der Waals surface area contributed by atoms with Crippen LogP contribution < -0.4 is 10.1 Å². The van der Waals surface area contributed by atoms with Gasteiger partial charge in [-0.2, -0.15) is 5.10 Å². The van der Waals surface area contributed by atoms with Gasteiger partial charge in [-0.3, -0.25) is 9.78 Å². The number of hydrogen-bond acceptors (Lipinski definition) is 4. The Bertz CT molecular complexity index is 1290. The number of aromatic nitrogens is 3. The van der Waals surface area contributed by atoms with Crippen LogP contribution in [0.2, 0.25) is 10.0 Å². The number of hydrogen-bond donors (Lipinski definition) is 1. The first kappa shape index (κ1) is 21.5. The monoisotopic (exact) mass is 478 g/mol. The number of fused-ring (bicyclic) bond motifs is 1. The van der Waals surface area contributed by atoms with Gasteiger partial charge in [0.1, 0.15) is 17.1 Å². The molecular formula is C25H20Cl2N4O2. The minimum atomic E-state index is -0.341. The van der Waals surface area contributed by atoms with Crippen LogP contribution in [0.15, 0.2) is 72.9 Å². The quantitative estimate of drug-likeness (QED) is 0.397. The number of para-hydroxylation sites is 1. The number of carbonyl (C=O) groups is 1. The SMILES string of the molecule is O=C(NC1CCCOc2c1nn(-c1ccccc1Cl)c2-c1ccc(Cl)cc1)c1ccccn1. The lowest BCUT2D eigenvalue weighted by atomic mass is 10.1. The molecule has 8 heteroatoms. The number of pyridine rings is 1. The summed E-state index contributed by atoms with van der Waals surface area (Å²) in [5, 5.41) is 9.18. The highest BCUT2D eigenvalue weighted by molar-refractivity contribution is 6.32. The second kappa shape index (κ2) is 9.25. The summed E-state index contributed by atoms with van der Waals surface area (Å²) in [6.45, 7) is 0.512. The van der Waals surface area contributed by atoms with E-state index < -0.39 is 0 Å². The Labute approximate surface area is 201 Å². The first-order valence-electron chi connectivity index (χ1n) is 10.6. The highest BCUT2D eigenvalue weighted by Gasteiger charge is 2.31. The molecule has 0 saturated carbocycles. The summed E-state index contributed by atoms with van der Waals surface area (Å²) in [7, 11) is 0. The van der Waals surface area contributed by atoms with Crippen molar-refractivity contribution in [2.24, 2.45) is 0 Å². The van der Waals surface area contributed by atoms with Crippen LogP contribution in [0, 0.1) is 0 Å². The molecule has 1 aliphatic heterocycles. The zero-order valence-corrected chi connectivity index (χ0v) is 19.1. The number of ether oxygens (including phenoxy) is 1. The van der Waals surface area contributed by atoms with E-state index in [-0.39, 0.29) is 11.9 Å². The lowest BCUT2D eigenvalue weighted by Gasteiger charge is -2.14. The number of amides is 1. The second-order valence-electron chi connectivity index (χ2n) is 7.66. The number of rotatable bonds is 4. The van der Waals surface area contributed by atoms with Crippen molar-refractivity contribution in [1.29, 1.82) is 0 Å². The lowest BCUT2D eigenvalue weighted by molar-refractivity contribution is 0.0928. The van der Waals surface area contributed by atoms with Gasteiger partial charge in [0, 0.05) is 16.8 Å². The van der Waals surface area contributed by atoms with Crippen molar-refractivity contribution in [2.45, 2.75) is 18.9 Å². The molecule has 0 saturated heterocycles. The number of nitrogens with zero attached hydrogens (tertiary/aromatic N) is 3. The van der Waals surface area contributed by atoms with Crippen molar-refractivity contribution < 1.29 is 9.53 Å². The molecule has 0 radical (unpaired) electrons. The third-order valence-corrected chi connectivity index (χ3v) is 6.05. The summed E-state index contributed by atoms with van der Waals surface area (Å²) >= 11 is 12.7. The van der Waals surface area contributed by atoms with Gasteiger partial charge in [0.25, 0.3) is 5.91 Å². The van der Waals surface area contributed by atoms with Crippen molar-refractivity contribution in [3.8, 4) is 22.7 Å². The summed E-state index contributed by atoms with van der Waals surface area (Å²) in [6, 6.07) is 19.9. The third kappa shape index (κ3) is 4.32. The smallest absolute Gasteiger partial charge is 0.270 e. The van der Waals surface area contributed by atoms with Crippen LogP contribution in [-0.2, 0) is 0 Å². The summed E-state index contributed by atoms with van der Waals surface area (Å²) in [4.78, 5) is 17.0. The average molecular weight is 479 g/mol. The molecule has 2 aromatic heterocycles. The number of carbonyl (C=O) groups excluding carboxylic acids is 1. The molecule has 3 heterocycles. The van der Waals surface area contributed by atoms with Gasteiger partial charge in [-0.05, 0) is 49.2 Å². The zero-order valence-electron chi connectivity index (χ0n) is 17.5. The molecule has 1 amide bonds. The Morgan fingerprint density at radius 1 is 1.03 bits per heavy atom. The molecule has 0 bridgehead atoms. The average Bonchev–Trinajstić information content (AvgIpc) is 3.10. The van der Waals surface area contributed by atoms with E-state index in [1.54, 1.807) is 29.1 Å². The van der Waals surface area contributed by atoms with Gasteiger partial charge in [-0.25, -0.2) is 4.68 Å². The van der Waals surface area contributed by atoms with E-state index >= 15 is 0 Å². The minimum absolute atomic E-state index is 0.256. The van der Waals surface area contributed by atoms with E-state index in [9.17, 15) is 4.79 Å². The molecule has 4 aromatic rings. The maximum atomic E-state index is 12.9. The summed E-state index contributed by atoms with van der Waals surface area (Å²) in [5.41, 5.74) is 3.36. The molecule has 33 heavy (non-hydrogen) atoms. The van der Waals surface area contributed by atoms with Gasteiger partial charge in [0.15, 0.2) is 5.75 Å². The van der Waals surface area contributed by atoms with E-state index in [0.29, 0.717) is 40.2 Å². The molecule has 166 valence electrons. The first-order chi connectivity index (χ1) is 16.1. The first-order valence-corrected chi connectivity index (χ1v) is 11.4. The van der Waals surface area contributed by atoms with E-state index in [2.05, 4.69) is 10.3 Å². The molecule has 5 rings (SSSR count). The maximum Gasteiger partial charge on any atom is 0.270 e. The molecule has 1 N–H and O–H groups in total. The Morgan fingerprint density at radius 2 is 1.82 bits per heavy atom. The highest BCUT2D eigenvalue weighted by atomic mass is 35.5. The normalized spacial score (nSPS) is 15.3. The molecular weight excluding hydrogens is 459 g/mol. The Balaban J connectivity index is 1.64. The zero-order chi connectivity index (χ0) is 22.8. The fraction of sp³-hybridized carbons (Fsp3) is 0.160. The maximum absolute atomic E-state index is 12.9. The van der Waals surface area contributed by atoms with Crippen LogP contribution in [-0.4, -0.2) is 27.3 Å². The largest absolute Gasteiger partial charge is 0.489 e. The molecule has 0 fully saturated rings. The molecule has 2 aromatic carbocycles. The predicted octanol–water partition coefficient (Wildman–Crippen LogP) is 5.88. The van der Waals surface area contributed by atoms with Crippen molar-refractivity contribution in [1.82, 2.24) is 20.1 Å². The fourth-order valence-corrected chi connectivity index (χ4v) is 4.26. The Kier molecular flexibility index (Phi) is 6.03. The van der Waals surface area contributed by atoms with Crippen LogP contribution in [0.1, 0.15) is 35.1 Å². The topological polar surface area (TPSA) is 69.0 Å². The van der Waals surface area contributed by atoms with Crippen molar-refractivity contribution in [2.75, 3.05) is 6.61 Å². The van der Waals surface area contributed by atoms with Gasteiger partial charge >= 0.3 is 0 Å². The summed E-state index contributed by atoms with van der Waals surface area (Å²) in [5.74, 6) is 0.370. The summed E-state index contributed by atoms with van der Waals surface area (Å²) in [6.07, 6.45) is 3.06. The summed E-state index contributed by atoms with van der Waals surface area (Å²) < 4.78 is 7.98. The molecule has 1 atom stereocenters. The van der Waals surface area contributed by atoms with E-state index in [4.69, 9.17) is 33.0 Å². The number of halogens is 2. The Hall–Kier alpha value is -3.35. The molecule has 1 unspecified atom stereocenters. The van der Waals surface area contributed by atoms with Crippen LogP contribution in [0.3, 0.4) is 0 Å². The van der Waals surface area contributed by atoms with Gasteiger partial charge in [-0.15, -0.1) is 0 Å². The van der Waals surface area contributed by atoms with Crippen LogP contribution >= 0.6 is 23.2 Å². The van der Waals surface area contributed by atoms with E-state index in [1.165, 1.54) is 0 Å². The van der Waals surface area contributed by atoms with Gasteiger partial charge < -0.3 is 10.1 Å². The van der Waals surface area contributed by atoms with Crippen molar-refractivity contribution in [3.63, 3.8) is 0 Å². The van der Waals surface area contributed by atoms with Crippen LogP contribution in [0.4, 0.5) is 0 Å². The van der Waals surface area contributed by atoms with Crippen LogP contribution in [0.5, 0.6) is 5.75 Å². The predicted molar refractivity (Wildman–Crippen MR) is 128 cm³/mol. The lowest BCUT2D eigenvalue weighted by Crippen LogP contribution is -2.29. The molecule has 6 nitrogen and oxygen atoms in total. The minimum Gasteiger partial charge on any atom is -0.489 e. The third-order valence-electron chi connectivity index (χ3n) is 5.48. The molecule has 0 aliphatic carbocycles. The van der Waals surface area contributed by atoms with Crippen LogP contribution in [0.25, 0.3) is 16.9 Å².